The van der Waals surface area contributed by atoms with Gasteiger partial charge in [-0.05, 0) is 49.1 Å². The molecule has 1 fully saturated rings. The van der Waals surface area contributed by atoms with Gasteiger partial charge in [-0.1, -0.05) is 30.3 Å². The van der Waals surface area contributed by atoms with Crippen LogP contribution < -0.4 is 4.72 Å². The summed E-state index contributed by atoms with van der Waals surface area (Å²) in [4.78, 5) is 0.334. The maximum atomic E-state index is 12.6. The zero-order chi connectivity index (χ0) is 17.7. The minimum Gasteiger partial charge on any atom is -0.350 e. The molecule has 2 aromatic carbocycles. The van der Waals surface area contributed by atoms with Crippen LogP contribution in [0.2, 0.25) is 0 Å². The van der Waals surface area contributed by atoms with Crippen LogP contribution in [-0.2, 0) is 22.5 Å². The van der Waals surface area contributed by atoms with Gasteiger partial charge in [-0.2, -0.15) is 0 Å². The Labute approximate surface area is 148 Å². The normalized spacial score (nSPS) is 16.2. The molecule has 0 unspecified atom stereocenters. The molecule has 1 aromatic heterocycles. The Morgan fingerprint density at radius 3 is 2.60 bits per heavy atom. The minimum atomic E-state index is -3.49. The van der Waals surface area contributed by atoms with E-state index in [1.54, 1.807) is 18.2 Å². The molecule has 1 aliphatic rings. The van der Waals surface area contributed by atoms with E-state index in [-0.39, 0.29) is 5.41 Å². The first-order valence-corrected chi connectivity index (χ1v) is 10.0. The molecule has 4 rings (SSSR count). The Kier molecular flexibility index (Phi) is 3.74. The number of nitrogens with one attached hydrogen (secondary N) is 1. The van der Waals surface area contributed by atoms with Crippen LogP contribution in [0.3, 0.4) is 0 Å². The summed E-state index contributed by atoms with van der Waals surface area (Å²) in [6.45, 7) is 2.34. The monoisotopic (exact) mass is 354 g/mol. The number of para-hydroxylation sites is 1. The summed E-state index contributed by atoms with van der Waals surface area (Å²) in [5.74, 6) is 0. The van der Waals surface area contributed by atoms with Crippen molar-refractivity contribution in [2.24, 2.45) is 7.05 Å². The number of benzene rings is 2. The Morgan fingerprint density at radius 1 is 1.12 bits per heavy atom. The number of hydrogen-bond acceptors (Lipinski definition) is 2. The van der Waals surface area contributed by atoms with Crippen molar-refractivity contribution in [2.75, 3.05) is 6.54 Å². The summed E-state index contributed by atoms with van der Waals surface area (Å²) in [6, 6.07) is 15.3. The number of aromatic nitrogens is 1. The van der Waals surface area contributed by atoms with Gasteiger partial charge in [-0.3, -0.25) is 0 Å². The fraction of sp³-hybridized carbons (Fsp3) is 0.300. The third-order valence-corrected chi connectivity index (χ3v) is 6.62. The largest absolute Gasteiger partial charge is 0.350 e. The molecule has 0 spiro atoms. The number of aryl methyl sites for hydroxylation is 2. The van der Waals surface area contributed by atoms with Crippen LogP contribution in [0.5, 0.6) is 0 Å². The van der Waals surface area contributed by atoms with Crippen molar-refractivity contribution in [1.82, 2.24) is 9.29 Å². The maximum absolute atomic E-state index is 12.6. The summed E-state index contributed by atoms with van der Waals surface area (Å²) >= 11 is 0. The van der Waals surface area contributed by atoms with Crippen molar-refractivity contribution in [3.05, 3.63) is 65.9 Å². The van der Waals surface area contributed by atoms with Crippen molar-refractivity contribution in [2.45, 2.75) is 30.1 Å². The molecule has 3 aromatic rings. The van der Waals surface area contributed by atoms with Crippen LogP contribution in [0, 0.1) is 6.92 Å². The SMILES string of the molecule is Cc1cccc(S(=O)(=O)NCC2(c3cn(C)c4ccccc34)CC2)c1. The molecule has 0 bridgehead atoms. The van der Waals surface area contributed by atoms with Crippen molar-refractivity contribution in [1.29, 1.82) is 0 Å². The molecule has 130 valence electrons. The summed E-state index contributed by atoms with van der Waals surface area (Å²) in [5, 5.41) is 1.22. The van der Waals surface area contributed by atoms with Gasteiger partial charge in [0.15, 0.2) is 0 Å². The van der Waals surface area contributed by atoms with E-state index < -0.39 is 10.0 Å². The lowest BCUT2D eigenvalue weighted by atomic mass is 9.96. The van der Waals surface area contributed by atoms with E-state index in [9.17, 15) is 8.42 Å². The second-order valence-corrected chi connectivity index (χ2v) is 8.86. The maximum Gasteiger partial charge on any atom is 0.240 e. The highest BCUT2D eigenvalue weighted by molar-refractivity contribution is 7.89. The first-order valence-electron chi connectivity index (χ1n) is 8.52. The number of sulfonamides is 1. The van der Waals surface area contributed by atoms with E-state index in [1.165, 1.54) is 16.5 Å². The zero-order valence-corrected chi connectivity index (χ0v) is 15.3. The summed E-state index contributed by atoms with van der Waals surface area (Å²) in [6.07, 6.45) is 4.17. The summed E-state index contributed by atoms with van der Waals surface area (Å²) < 4.78 is 30.3. The summed E-state index contributed by atoms with van der Waals surface area (Å²) in [7, 11) is -1.45. The lowest BCUT2D eigenvalue weighted by Crippen LogP contribution is -2.32. The van der Waals surface area contributed by atoms with Crippen molar-refractivity contribution >= 4 is 20.9 Å². The predicted octanol–water partition coefficient (Wildman–Crippen LogP) is 3.50. The second-order valence-electron chi connectivity index (χ2n) is 7.09. The van der Waals surface area contributed by atoms with Gasteiger partial charge in [0.2, 0.25) is 10.0 Å². The molecule has 0 aliphatic heterocycles. The summed E-state index contributed by atoms with van der Waals surface area (Å²) in [5.41, 5.74) is 3.29. The number of nitrogens with zero attached hydrogens (tertiary/aromatic N) is 1. The first kappa shape index (κ1) is 16.4. The third-order valence-electron chi connectivity index (χ3n) is 5.22. The average molecular weight is 354 g/mol. The van der Waals surface area contributed by atoms with Crippen molar-refractivity contribution in [3.63, 3.8) is 0 Å². The first-order chi connectivity index (χ1) is 11.9. The quantitative estimate of drug-likeness (QED) is 0.762. The molecule has 0 amide bonds. The van der Waals surface area contributed by atoms with Crippen LogP contribution in [0.4, 0.5) is 0 Å². The topological polar surface area (TPSA) is 51.1 Å². The lowest BCUT2D eigenvalue weighted by Gasteiger charge is -2.16. The van der Waals surface area contributed by atoms with Gasteiger partial charge in [-0.15, -0.1) is 0 Å². The molecule has 5 heteroatoms. The Bertz CT molecular complexity index is 1050. The molecule has 1 N–H and O–H groups in total. The smallest absolute Gasteiger partial charge is 0.240 e. The van der Waals surface area contributed by atoms with Crippen LogP contribution >= 0.6 is 0 Å². The van der Waals surface area contributed by atoms with Gasteiger partial charge in [-0.25, -0.2) is 13.1 Å². The lowest BCUT2D eigenvalue weighted by molar-refractivity contribution is 0.567. The van der Waals surface area contributed by atoms with E-state index in [1.807, 2.05) is 32.2 Å². The van der Waals surface area contributed by atoms with E-state index in [2.05, 4.69) is 27.6 Å². The van der Waals surface area contributed by atoms with E-state index >= 15 is 0 Å². The highest BCUT2D eigenvalue weighted by Crippen LogP contribution is 2.50. The number of rotatable bonds is 5. The standard InChI is InChI=1S/C20H22N2O2S/c1-15-6-5-7-16(12-15)25(23,24)21-14-20(10-11-20)18-13-22(2)19-9-4-3-8-17(18)19/h3-9,12-13,21H,10-11,14H2,1-2H3. The molecular weight excluding hydrogens is 332 g/mol. The van der Waals surface area contributed by atoms with Crippen molar-refractivity contribution in [3.8, 4) is 0 Å². The van der Waals surface area contributed by atoms with Gasteiger partial charge in [0.25, 0.3) is 0 Å². The van der Waals surface area contributed by atoms with Crippen molar-refractivity contribution < 1.29 is 8.42 Å². The third kappa shape index (κ3) is 2.87. The van der Waals surface area contributed by atoms with Crippen LogP contribution in [-0.4, -0.2) is 19.5 Å². The fourth-order valence-corrected chi connectivity index (χ4v) is 4.79. The minimum absolute atomic E-state index is 0.0856. The Balaban J connectivity index is 1.62. The second kappa shape index (κ2) is 5.71. The van der Waals surface area contributed by atoms with Crippen LogP contribution in [0.15, 0.2) is 59.6 Å². The number of hydrogen-bond donors (Lipinski definition) is 1. The molecule has 1 saturated carbocycles. The molecule has 1 aliphatic carbocycles. The highest BCUT2D eigenvalue weighted by Gasteiger charge is 2.46. The Morgan fingerprint density at radius 2 is 1.88 bits per heavy atom. The molecule has 0 atom stereocenters. The van der Waals surface area contributed by atoms with Gasteiger partial charge in [0, 0.05) is 36.1 Å². The van der Waals surface area contributed by atoms with E-state index in [0.717, 1.165) is 18.4 Å². The van der Waals surface area contributed by atoms with Crippen LogP contribution in [0.1, 0.15) is 24.0 Å². The Hall–Kier alpha value is -2.11. The average Bonchev–Trinajstić information content (AvgIpc) is 3.32. The van der Waals surface area contributed by atoms with Gasteiger partial charge >= 0.3 is 0 Å². The van der Waals surface area contributed by atoms with Crippen LogP contribution in [0.25, 0.3) is 10.9 Å². The van der Waals surface area contributed by atoms with E-state index in [0.29, 0.717) is 11.4 Å². The molecule has 25 heavy (non-hydrogen) atoms. The molecular formula is C20H22N2O2S. The van der Waals surface area contributed by atoms with Gasteiger partial charge < -0.3 is 4.57 Å². The molecule has 0 saturated heterocycles. The highest BCUT2D eigenvalue weighted by atomic mass is 32.2. The van der Waals surface area contributed by atoms with E-state index in [4.69, 9.17) is 0 Å². The fourth-order valence-electron chi connectivity index (χ4n) is 3.56. The van der Waals surface area contributed by atoms with Gasteiger partial charge in [0.05, 0.1) is 4.90 Å². The molecule has 4 nitrogen and oxygen atoms in total. The predicted molar refractivity (Wildman–Crippen MR) is 100 cm³/mol. The number of fused-ring (bicyclic) bond motifs is 1. The zero-order valence-electron chi connectivity index (χ0n) is 14.5. The van der Waals surface area contributed by atoms with Gasteiger partial charge in [0.1, 0.15) is 0 Å². The molecule has 0 radical (unpaired) electrons. The molecule has 1 heterocycles.